The zero-order chi connectivity index (χ0) is 19.7. The SMILES string of the molecule is NC(=O)C1CCN(C(=O)c2cc(-c3ccccc3)nc3ccc(F)cc23)CC1. The number of carbonyl (C=O) groups excluding carboxylic acids is 2. The fraction of sp³-hybridized carbons (Fsp3) is 0.227. The van der Waals surface area contributed by atoms with E-state index in [1.165, 1.54) is 12.1 Å². The number of fused-ring (bicyclic) bond motifs is 1. The molecule has 4 rings (SSSR count). The first-order chi connectivity index (χ1) is 13.5. The smallest absolute Gasteiger partial charge is 0.254 e. The first-order valence-corrected chi connectivity index (χ1v) is 9.27. The summed E-state index contributed by atoms with van der Waals surface area (Å²) in [7, 11) is 0. The minimum Gasteiger partial charge on any atom is -0.369 e. The second-order valence-electron chi connectivity index (χ2n) is 7.05. The van der Waals surface area contributed by atoms with E-state index in [9.17, 15) is 14.0 Å². The predicted octanol–water partition coefficient (Wildman–Crippen LogP) is 3.38. The van der Waals surface area contributed by atoms with E-state index in [1.807, 2.05) is 30.3 Å². The van der Waals surface area contributed by atoms with Gasteiger partial charge in [0.15, 0.2) is 0 Å². The summed E-state index contributed by atoms with van der Waals surface area (Å²) >= 11 is 0. The number of carbonyl (C=O) groups is 2. The van der Waals surface area contributed by atoms with Crippen molar-refractivity contribution in [3.63, 3.8) is 0 Å². The highest BCUT2D eigenvalue weighted by Crippen LogP contribution is 2.28. The van der Waals surface area contributed by atoms with Gasteiger partial charge in [-0.2, -0.15) is 0 Å². The number of hydrogen-bond acceptors (Lipinski definition) is 3. The zero-order valence-corrected chi connectivity index (χ0v) is 15.3. The Kier molecular flexibility index (Phi) is 4.77. The van der Waals surface area contributed by atoms with Gasteiger partial charge >= 0.3 is 0 Å². The summed E-state index contributed by atoms with van der Waals surface area (Å²) in [5.74, 6) is -1.12. The molecule has 0 atom stereocenters. The Morgan fingerprint density at radius 1 is 1.04 bits per heavy atom. The number of amides is 2. The van der Waals surface area contributed by atoms with E-state index in [2.05, 4.69) is 4.98 Å². The minimum absolute atomic E-state index is 0.182. The van der Waals surface area contributed by atoms with Crippen molar-refractivity contribution >= 4 is 22.7 Å². The molecule has 1 saturated heterocycles. The third kappa shape index (κ3) is 3.45. The Labute approximate surface area is 162 Å². The topological polar surface area (TPSA) is 76.3 Å². The lowest BCUT2D eigenvalue weighted by atomic mass is 9.95. The van der Waals surface area contributed by atoms with Crippen LogP contribution < -0.4 is 5.73 Å². The van der Waals surface area contributed by atoms with Gasteiger partial charge in [0, 0.05) is 30.0 Å². The van der Waals surface area contributed by atoms with Crippen molar-refractivity contribution < 1.29 is 14.0 Å². The van der Waals surface area contributed by atoms with Gasteiger partial charge in [0.25, 0.3) is 5.91 Å². The summed E-state index contributed by atoms with van der Waals surface area (Å²) in [6.07, 6.45) is 1.09. The third-order valence-corrected chi connectivity index (χ3v) is 5.26. The van der Waals surface area contributed by atoms with E-state index in [0.29, 0.717) is 48.1 Å². The predicted molar refractivity (Wildman–Crippen MR) is 105 cm³/mol. The molecule has 2 heterocycles. The molecule has 0 bridgehead atoms. The zero-order valence-electron chi connectivity index (χ0n) is 15.3. The summed E-state index contributed by atoms with van der Waals surface area (Å²) < 4.78 is 13.9. The van der Waals surface area contributed by atoms with Crippen molar-refractivity contribution in [2.45, 2.75) is 12.8 Å². The first-order valence-electron chi connectivity index (χ1n) is 9.27. The van der Waals surface area contributed by atoms with Crippen molar-refractivity contribution in [1.29, 1.82) is 0 Å². The maximum atomic E-state index is 13.9. The van der Waals surface area contributed by atoms with Crippen molar-refractivity contribution in [3.8, 4) is 11.3 Å². The van der Waals surface area contributed by atoms with Crippen LogP contribution in [0.1, 0.15) is 23.2 Å². The molecule has 5 nitrogen and oxygen atoms in total. The molecule has 0 saturated carbocycles. The van der Waals surface area contributed by atoms with Gasteiger partial charge in [-0.3, -0.25) is 9.59 Å². The fourth-order valence-corrected chi connectivity index (χ4v) is 3.67. The van der Waals surface area contributed by atoms with Crippen molar-refractivity contribution in [1.82, 2.24) is 9.88 Å². The van der Waals surface area contributed by atoms with E-state index >= 15 is 0 Å². The highest BCUT2D eigenvalue weighted by Gasteiger charge is 2.27. The summed E-state index contributed by atoms with van der Waals surface area (Å²) in [4.78, 5) is 30.9. The molecule has 0 radical (unpaired) electrons. The number of nitrogens with zero attached hydrogens (tertiary/aromatic N) is 2. The molecule has 1 aliphatic rings. The standard InChI is InChI=1S/C22H20FN3O2/c23-16-6-7-19-17(12-16)18(13-20(25-19)14-4-2-1-3-5-14)22(28)26-10-8-15(9-11-26)21(24)27/h1-7,12-13,15H,8-11H2,(H2,24,27). The van der Waals surface area contributed by atoms with E-state index in [0.717, 1.165) is 5.56 Å². The van der Waals surface area contributed by atoms with Crippen LogP contribution in [-0.4, -0.2) is 34.8 Å². The molecular formula is C22H20FN3O2. The van der Waals surface area contributed by atoms with Gasteiger partial charge in [-0.05, 0) is 37.1 Å². The number of piperidine rings is 1. The molecule has 1 aromatic heterocycles. The van der Waals surface area contributed by atoms with Gasteiger partial charge in [0.2, 0.25) is 5.91 Å². The molecule has 2 amide bonds. The second kappa shape index (κ2) is 7.38. The molecule has 0 aliphatic carbocycles. The van der Waals surface area contributed by atoms with Gasteiger partial charge in [-0.25, -0.2) is 9.37 Å². The van der Waals surface area contributed by atoms with E-state index in [1.54, 1.807) is 17.0 Å². The van der Waals surface area contributed by atoms with Crippen LogP contribution in [0.5, 0.6) is 0 Å². The van der Waals surface area contributed by atoms with Crippen LogP contribution in [0, 0.1) is 11.7 Å². The van der Waals surface area contributed by atoms with E-state index < -0.39 is 5.82 Å². The molecule has 1 aliphatic heterocycles. The molecule has 6 heteroatoms. The van der Waals surface area contributed by atoms with Gasteiger partial charge in [0.05, 0.1) is 16.8 Å². The van der Waals surface area contributed by atoms with Crippen LogP contribution >= 0.6 is 0 Å². The fourth-order valence-electron chi connectivity index (χ4n) is 3.67. The molecule has 0 unspecified atom stereocenters. The normalized spacial score (nSPS) is 15.0. The number of benzene rings is 2. The summed E-state index contributed by atoms with van der Waals surface area (Å²) in [5.41, 5.74) is 7.91. The Bertz CT molecular complexity index is 1040. The quantitative estimate of drug-likeness (QED) is 0.760. The average molecular weight is 377 g/mol. The van der Waals surface area contributed by atoms with Gasteiger partial charge in [0.1, 0.15) is 5.82 Å². The van der Waals surface area contributed by atoms with Gasteiger partial charge in [-0.15, -0.1) is 0 Å². The lowest BCUT2D eigenvalue weighted by molar-refractivity contribution is -0.123. The lowest BCUT2D eigenvalue weighted by Crippen LogP contribution is -2.41. The van der Waals surface area contributed by atoms with Crippen molar-refractivity contribution in [3.05, 3.63) is 66.0 Å². The first kappa shape index (κ1) is 18.1. The number of aromatic nitrogens is 1. The van der Waals surface area contributed by atoms with Crippen LogP contribution in [0.4, 0.5) is 4.39 Å². The van der Waals surface area contributed by atoms with E-state index in [-0.39, 0.29) is 17.7 Å². The van der Waals surface area contributed by atoms with Crippen LogP contribution in [0.15, 0.2) is 54.6 Å². The lowest BCUT2D eigenvalue weighted by Gasteiger charge is -2.31. The molecule has 2 aromatic carbocycles. The molecule has 1 fully saturated rings. The molecule has 142 valence electrons. The highest BCUT2D eigenvalue weighted by atomic mass is 19.1. The average Bonchev–Trinajstić information content (AvgIpc) is 2.73. The van der Waals surface area contributed by atoms with E-state index in [4.69, 9.17) is 5.73 Å². The Morgan fingerprint density at radius 3 is 2.43 bits per heavy atom. The Balaban J connectivity index is 1.75. The van der Waals surface area contributed by atoms with Crippen molar-refractivity contribution in [2.24, 2.45) is 11.7 Å². The van der Waals surface area contributed by atoms with Gasteiger partial charge in [-0.1, -0.05) is 30.3 Å². The summed E-state index contributed by atoms with van der Waals surface area (Å²) in [6, 6.07) is 15.6. The van der Waals surface area contributed by atoms with Gasteiger partial charge < -0.3 is 10.6 Å². The van der Waals surface area contributed by atoms with Crippen LogP contribution in [0.2, 0.25) is 0 Å². The molecule has 3 aromatic rings. The summed E-state index contributed by atoms with van der Waals surface area (Å²) in [5, 5.41) is 0.488. The number of nitrogens with two attached hydrogens (primary N) is 1. The molecule has 0 spiro atoms. The number of primary amides is 1. The maximum absolute atomic E-state index is 13.9. The number of halogens is 1. The molecular weight excluding hydrogens is 357 g/mol. The van der Waals surface area contributed by atoms with Crippen LogP contribution in [0.25, 0.3) is 22.2 Å². The summed E-state index contributed by atoms with van der Waals surface area (Å²) in [6.45, 7) is 0.901. The second-order valence-corrected chi connectivity index (χ2v) is 7.05. The van der Waals surface area contributed by atoms with Crippen LogP contribution in [0.3, 0.4) is 0 Å². The monoisotopic (exact) mass is 377 g/mol. The number of rotatable bonds is 3. The van der Waals surface area contributed by atoms with Crippen molar-refractivity contribution in [2.75, 3.05) is 13.1 Å². The third-order valence-electron chi connectivity index (χ3n) is 5.26. The minimum atomic E-state index is -0.414. The van der Waals surface area contributed by atoms with Crippen LogP contribution in [-0.2, 0) is 4.79 Å². The number of likely N-dealkylation sites (tertiary alicyclic amines) is 1. The molecule has 2 N–H and O–H groups in total. The largest absolute Gasteiger partial charge is 0.369 e. The molecule has 28 heavy (non-hydrogen) atoms. The number of pyridine rings is 1. The Morgan fingerprint density at radius 2 is 1.75 bits per heavy atom. The highest BCUT2D eigenvalue weighted by molar-refractivity contribution is 6.07. The maximum Gasteiger partial charge on any atom is 0.254 e. The number of hydrogen-bond donors (Lipinski definition) is 1. The Hall–Kier alpha value is -3.28.